The van der Waals surface area contributed by atoms with Gasteiger partial charge in [-0.2, -0.15) is 0 Å². The van der Waals surface area contributed by atoms with Gasteiger partial charge in [0, 0.05) is 30.3 Å². The van der Waals surface area contributed by atoms with Crippen LogP contribution >= 0.6 is 11.6 Å². The third-order valence-corrected chi connectivity index (χ3v) is 5.22. The molecule has 3 rings (SSSR count). The van der Waals surface area contributed by atoms with Crippen molar-refractivity contribution in [2.75, 3.05) is 18.4 Å². The largest absolute Gasteiger partial charge is 0.573 e. The predicted octanol–water partition coefficient (Wildman–Crippen LogP) is 6.69. The summed E-state index contributed by atoms with van der Waals surface area (Å²) in [4.78, 5) is 15.1. The molecule has 0 aliphatic heterocycles. The predicted molar refractivity (Wildman–Crippen MR) is 124 cm³/mol. The summed E-state index contributed by atoms with van der Waals surface area (Å²) in [5.41, 5.74) is 2.46. The van der Waals surface area contributed by atoms with E-state index in [4.69, 9.17) is 11.6 Å². The van der Waals surface area contributed by atoms with Crippen molar-refractivity contribution in [1.29, 1.82) is 0 Å². The van der Waals surface area contributed by atoms with Gasteiger partial charge in [0.15, 0.2) is 0 Å². The monoisotopic (exact) mass is 494 g/mol. The van der Waals surface area contributed by atoms with Crippen molar-refractivity contribution in [1.82, 2.24) is 4.90 Å². The Bertz CT molecular complexity index is 1100. The summed E-state index contributed by atoms with van der Waals surface area (Å²) in [6, 6.07) is 16.3. The van der Waals surface area contributed by atoms with Crippen molar-refractivity contribution in [3.8, 4) is 5.75 Å². The van der Waals surface area contributed by atoms with E-state index in [9.17, 15) is 22.4 Å². The Morgan fingerprint density at radius 1 is 1.00 bits per heavy atom. The van der Waals surface area contributed by atoms with Crippen LogP contribution in [-0.4, -0.2) is 30.3 Å². The van der Waals surface area contributed by atoms with Crippen LogP contribution in [0.15, 0.2) is 66.7 Å². The first-order valence-corrected chi connectivity index (χ1v) is 10.9. The number of hydrogen-bond donors (Lipinski definition) is 1. The van der Waals surface area contributed by atoms with Crippen molar-refractivity contribution in [2.24, 2.45) is 0 Å². The number of ether oxygens (including phenoxy) is 1. The Labute approximate surface area is 200 Å². The molecule has 0 heterocycles. The van der Waals surface area contributed by atoms with Gasteiger partial charge in [-0.25, -0.2) is 4.39 Å². The number of benzene rings is 3. The number of rotatable bonds is 9. The van der Waals surface area contributed by atoms with Crippen LogP contribution in [0.5, 0.6) is 5.75 Å². The molecule has 0 unspecified atom stereocenters. The molecule has 0 atom stereocenters. The number of anilines is 1. The lowest BCUT2D eigenvalue weighted by atomic mass is 10.1. The number of amides is 1. The molecule has 3 aromatic rings. The zero-order valence-corrected chi connectivity index (χ0v) is 19.1. The Balaban J connectivity index is 1.85. The van der Waals surface area contributed by atoms with Gasteiger partial charge in [-0.05, 0) is 66.9 Å². The van der Waals surface area contributed by atoms with E-state index in [1.807, 2.05) is 6.92 Å². The molecule has 0 aliphatic rings. The number of carbonyl (C=O) groups excluding carboxylic acids is 1. The van der Waals surface area contributed by atoms with Crippen LogP contribution in [0, 0.1) is 5.82 Å². The number of halogens is 5. The molecule has 0 aromatic heterocycles. The highest BCUT2D eigenvalue weighted by Gasteiger charge is 2.31. The molecule has 9 heteroatoms. The summed E-state index contributed by atoms with van der Waals surface area (Å²) in [6.45, 7) is 2.94. The van der Waals surface area contributed by atoms with Gasteiger partial charge in [0.2, 0.25) is 0 Å². The second kappa shape index (κ2) is 11.2. The van der Waals surface area contributed by atoms with Gasteiger partial charge >= 0.3 is 6.36 Å². The standard InChI is InChI=1S/C25H23ClF4N2O2/c1-2-31-23-12-7-19(26)15-22(23)24(33)32(14-13-17-3-8-20(27)9-4-17)16-18-5-10-21(11-6-18)34-25(28,29)30/h3-12,15,31H,2,13-14,16H2,1H3. The van der Waals surface area contributed by atoms with Gasteiger partial charge in [-0.3, -0.25) is 4.79 Å². The van der Waals surface area contributed by atoms with Gasteiger partial charge in [0.05, 0.1) is 5.56 Å². The Morgan fingerprint density at radius 3 is 2.26 bits per heavy atom. The number of hydrogen-bond acceptors (Lipinski definition) is 3. The van der Waals surface area contributed by atoms with Crippen LogP contribution in [0.4, 0.5) is 23.2 Å². The molecule has 180 valence electrons. The second-order valence-corrected chi connectivity index (χ2v) is 7.95. The fourth-order valence-corrected chi connectivity index (χ4v) is 3.56. The first-order valence-electron chi connectivity index (χ1n) is 10.6. The van der Waals surface area contributed by atoms with Crippen molar-refractivity contribution in [3.05, 3.63) is 94.3 Å². The van der Waals surface area contributed by atoms with E-state index in [0.717, 1.165) is 5.56 Å². The van der Waals surface area contributed by atoms with Crippen molar-refractivity contribution >= 4 is 23.2 Å². The summed E-state index contributed by atoms with van der Waals surface area (Å²) >= 11 is 6.14. The topological polar surface area (TPSA) is 41.6 Å². The summed E-state index contributed by atoms with van der Waals surface area (Å²) < 4.78 is 54.5. The molecule has 1 N–H and O–H groups in total. The average molecular weight is 495 g/mol. The van der Waals surface area contributed by atoms with Gasteiger partial charge in [-0.1, -0.05) is 35.9 Å². The normalized spacial score (nSPS) is 11.2. The number of carbonyl (C=O) groups is 1. The molecule has 0 saturated heterocycles. The zero-order chi connectivity index (χ0) is 24.7. The van der Waals surface area contributed by atoms with Crippen LogP contribution in [-0.2, 0) is 13.0 Å². The van der Waals surface area contributed by atoms with E-state index in [-0.39, 0.29) is 24.0 Å². The maximum Gasteiger partial charge on any atom is 0.573 e. The zero-order valence-electron chi connectivity index (χ0n) is 18.3. The Kier molecular flexibility index (Phi) is 8.39. The third-order valence-electron chi connectivity index (χ3n) is 4.98. The molecule has 0 bridgehead atoms. The molecule has 0 spiro atoms. The van der Waals surface area contributed by atoms with Crippen LogP contribution in [0.25, 0.3) is 0 Å². The molecular formula is C25H23ClF4N2O2. The number of nitrogens with one attached hydrogen (secondary N) is 1. The lowest BCUT2D eigenvalue weighted by Gasteiger charge is -2.25. The van der Waals surface area contributed by atoms with E-state index in [0.29, 0.717) is 41.3 Å². The van der Waals surface area contributed by atoms with E-state index < -0.39 is 6.36 Å². The molecule has 3 aromatic carbocycles. The molecule has 0 saturated carbocycles. The summed E-state index contributed by atoms with van der Waals surface area (Å²) in [5.74, 6) is -0.993. The lowest BCUT2D eigenvalue weighted by Crippen LogP contribution is -2.33. The Hall–Kier alpha value is -3.26. The average Bonchev–Trinajstić information content (AvgIpc) is 2.79. The summed E-state index contributed by atoms with van der Waals surface area (Å²) in [5, 5.41) is 3.54. The quantitative estimate of drug-likeness (QED) is 0.337. The van der Waals surface area contributed by atoms with Crippen molar-refractivity contribution < 1.29 is 27.1 Å². The fraction of sp³-hybridized carbons (Fsp3) is 0.240. The summed E-state index contributed by atoms with van der Waals surface area (Å²) in [7, 11) is 0. The fourth-order valence-electron chi connectivity index (χ4n) is 3.39. The molecule has 34 heavy (non-hydrogen) atoms. The van der Waals surface area contributed by atoms with E-state index in [1.165, 1.54) is 36.4 Å². The smallest absolute Gasteiger partial charge is 0.406 e. The minimum absolute atomic E-state index is 0.143. The number of alkyl halides is 3. The van der Waals surface area contributed by atoms with Crippen LogP contribution in [0.3, 0.4) is 0 Å². The van der Waals surface area contributed by atoms with Crippen molar-refractivity contribution in [2.45, 2.75) is 26.3 Å². The van der Waals surface area contributed by atoms with Gasteiger partial charge in [0.25, 0.3) is 5.91 Å². The third kappa shape index (κ3) is 7.38. The summed E-state index contributed by atoms with van der Waals surface area (Å²) in [6.07, 6.45) is -4.33. The highest BCUT2D eigenvalue weighted by molar-refractivity contribution is 6.31. The van der Waals surface area contributed by atoms with Gasteiger partial charge in [-0.15, -0.1) is 13.2 Å². The molecule has 1 amide bonds. The minimum atomic E-state index is -4.78. The number of nitrogens with zero attached hydrogens (tertiary/aromatic N) is 1. The maximum atomic E-state index is 13.5. The first kappa shape index (κ1) is 25.4. The van der Waals surface area contributed by atoms with Crippen molar-refractivity contribution in [3.63, 3.8) is 0 Å². The minimum Gasteiger partial charge on any atom is -0.406 e. The van der Waals surface area contributed by atoms with Crippen LogP contribution in [0.2, 0.25) is 5.02 Å². The van der Waals surface area contributed by atoms with E-state index in [1.54, 1.807) is 35.2 Å². The highest BCUT2D eigenvalue weighted by atomic mass is 35.5. The molecular weight excluding hydrogens is 472 g/mol. The molecule has 0 radical (unpaired) electrons. The molecule has 4 nitrogen and oxygen atoms in total. The molecule has 0 aliphatic carbocycles. The SMILES string of the molecule is CCNc1ccc(Cl)cc1C(=O)N(CCc1ccc(F)cc1)Cc1ccc(OC(F)(F)F)cc1. The van der Waals surface area contributed by atoms with E-state index >= 15 is 0 Å². The van der Waals surface area contributed by atoms with Crippen LogP contribution in [0.1, 0.15) is 28.4 Å². The van der Waals surface area contributed by atoms with Gasteiger partial charge < -0.3 is 15.0 Å². The first-order chi connectivity index (χ1) is 16.1. The van der Waals surface area contributed by atoms with Gasteiger partial charge in [0.1, 0.15) is 11.6 Å². The maximum absolute atomic E-state index is 13.5. The van der Waals surface area contributed by atoms with Crippen LogP contribution < -0.4 is 10.1 Å². The highest BCUT2D eigenvalue weighted by Crippen LogP contribution is 2.25. The second-order valence-electron chi connectivity index (χ2n) is 7.52. The molecule has 0 fully saturated rings. The lowest BCUT2D eigenvalue weighted by molar-refractivity contribution is -0.274. The van der Waals surface area contributed by atoms with E-state index in [2.05, 4.69) is 10.1 Å². The Morgan fingerprint density at radius 2 is 1.65 bits per heavy atom.